The number of aromatic nitrogens is 3. The lowest BCUT2D eigenvalue weighted by atomic mass is 10.1. The molecule has 1 atom stereocenters. The van der Waals surface area contributed by atoms with E-state index in [0.29, 0.717) is 22.9 Å². The summed E-state index contributed by atoms with van der Waals surface area (Å²) >= 11 is 3.46. The highest BCUT2D eigenvalue weighted by Gasteiger charge is 2.32. The minimum Gasteiger partial charge on any atom is -0.485 e. The Morgan fingerprint density at radius 2 is 1.88 bits per heavy atom. The Morgan fingerprint density at radius 1 is 1.16 bits per heavy atom. The highest BCUT2D eigenvalue weighted by atomic mass is 79.9. The molecule has 4 rings (SSSR count). The molecule has 126 valence electrons. The Morgan fingerprint density at radius 3 is 2.64 bits per heavy atom. The Labute approximate surface area is 150 Å². The number of hydrogen-bond acceptors (Lipinski definition) is 5. The molecule has 1 N–H and O–H groups in total. The van der Waals surface area contributed by atoms with Crippen LogP contribution in [0.4, 0.5) is 0 Å². The number of benzene rings is 2. The largest absolute Gasteiger partial charge is 0.485 e. The number of hydrogen-bond donors (Lipinski definition) is 1. The maximum absolute atomic E-state index is 11.6. The van der Waals surface area contributed by atoms with Crippen LogP contribution < -0.4 is 9.47 Å². The number of nitrogens with zero attached hydrogens (tertiary/aromatic N) is 3. The summed E-state index contributed by atoms with van der Waals surface area (Å²) in [6, 6.07) is 14.6. The molecule has 0 amide bonds. The minimum absolute atomic E-state index is 0.162. The molecule has 8 heteroatoms. The second-order valence-corrected chi connectivity index (χ2v) is 6.21. The van der Waals surface area contributed by atoms with Crippen molar-refractivity contribution in [3.05, 3.63) is 64.4 Å². The highest BCUT2D eigenvalue weighted by Crippen LogP contribution is 2.37. The van der Waals surface area contributed by atoms with Crippen LogP contribution in [-0.2, 0) is 0 Å². The molecular weight excluding hydrogens is 390 g/mol. The molecule has 7 nitrogen and oxygen atoms in total. The molecule has 1 unspecified atom stereocenters. The summed E-state index contributed by atoms with van der Waals surface area (Å²) in [6.45, 7) is 0.162. The van der Waals surface area contributed by atoms with Crippen LogP contribution >= 0.6 is 15.9 Å². The maximum Gasteiger partial charge on any atom is 0.358 e. The smallest absolute Gasteiger partial charge is 0.358 e. The third-order valence-electron chi connectivity index (χ3n) is 3.80. The van der Waals surface area contributed by atoms with Crippen molar-refractivity contribution in [2.24, 2.45) is 0 Å². The van der Waals surface area contributed by atoms with Gasteiger partial charge in [0.25, 0.3) is 0 Å². The van der Waals surface area contributed by atoms with Gasteiger partial charge in [-0.15, -0.1) is 5.10 Å². The quantitative estimate of drug-likeness (QED) is 0.724. The first-order valence-corrected chi connectivity index (χ1v) is 8.26. The fourth-order valence-corrected chi connectivity index (χ4v) is 3.14. The van der Waals surface area contributed by atoms with Gasteiger partial charge in [-0.1, -0.05) is 29.5 Å². The number of halogens is 1. The predicted octanol–water partition coefficient (Wildman–Crippen LogP) is 3.24. The third-order valence-corrected chi connectivity index (χ3v) is 4.47. The van der Waals surface area contributed by atoms with Crippen LogP contribution in [0, 0.1) is 0 Å². The Kier molecular flexibility index (Phi) is 3.89. The van der Waals surface area contributed by atoms with Gasteiger partial charge in [-0.05, 0) is 40.2 Å². The van der Waals surface area contributed by atoms with Crippen molar-refractivity contribution in [3.8, 4) is 17.2 Å². The average Bonchev–Trinajstić information content (AvgIpc) is 3.07. The van der Waals surface area contributed by atoms with Gasteiger partial charge >= 0.3 is 5.97 Å². The number of carbonyl (C=O) groups is 1. The van der Waals surface area contributed by atoms with Crippen LogP contribution in [0.25, 0.3) is 5.69 Å². The zero-order chi connectivity index (χ0) is 17.4. The fourth-order valence-electron chi connectivity index (χ4n) is 2.69. The molecule has 0 spiro atoms. The number of rotatable bonds is 3. The van der Waals surface area contributed by atoms with Gasteiger partial charge in [0, 0.05) is 4.47 Å². The van der Waals surface area contributed by atoms with Crippen molar-refractivity contribution in [2.75, 3.05) is 6.61 Å². The minimum atomic E-state index is -1.17. The van der Waals surface area contributed by atoms with Gasteiger partial charge in [-0.25, -0.2) is 9.48 Å². The molecule has 1 aliphatic heterocycles. The summed E-state index contributed by atoms with van der Waals surface area (Å²) in [4.78, 5) is 11.6. The van der Waals surface area contributed by atoms with E-state index in [1.165, 1.54) is 4.68 Å². The highest BCUT2D eigenvalue weighted by molar-refractivity contribution is 9.10. The Balaban J connectivity index is 1.83. The standard InChI is InChI=1S/C17H12BrN3O4/c18-10-5-1-2-6-11(10)21-16(15(17(22)23)19-20-21)14-9-24-12-7-3-4-8-13(12)25-14/h1-8,14H,9H2,(H,22,23). The van der Waals surface area contributed by atoms with Gasteiger partial charge in [0.1, 0.15) is 12.3 Å². The van der Waals surface area contributed by atoms with Crippen molar-refractivity contribution in [2.45, 2.75) is 6.10 Å². The van der Waals surface area contributed by atoms with Crippen molar-refractivity contribution in [1.82, 2.24) is 15.0 Å². The monoisotopic (exact) mass is 401 g/mol. The second kappa shape index (κ2) is 6.21. The number of ether oxygens (including phenoxy) is 2. The van der Waals surface area contributed by atoms with E-state index in [4.69, 9.17) is 9.47 Å². The maximum atomic E-state index is 11.6. The van der Waals surface area contributed by atoms with Crippen LogP contribution in [-0.4, -0.2) is 32.7 Å². The van der Waals surface area contributed by atoms with E-state index in [9.17, 15) is 9.90 Å². The van der Waals surface area contributed by atoms with Crippen molar-refractivity contribution in [3.63, 3.8) is 0 Å². The van der Waals surface area contributed by atoms with E-state index in [1.54, 1.807) is 12.1 Å². The first kappa shape index (κ1) is 15.6. The van der Waals surface area contributed by atoms with E-state index in [0.717, 1.165) is 4.47 Å². The van der Waals surface area contributed by atoms with E-state index < -0.39 is 12.1 Å². The molecule has 0 radical (unpaired) electrons. The second-order valence-electron chi connectivity index (χ2n) is 5.36. The zero-order valence-corrected chi connectivity index (χ0v) is 14.4. The SMILES string of the molecule is O=C(O)c1nnn(-c2ccccc2Br)c1C1COc2ccccc2O1. The van der Waals surface area contributed by atoms with Gasteiger partial charge in [0.2, 0.25) is 0 Å². The molecule has 0 bridgehead atoms. The number of carboxylic acids is 1. The van der Waals surface area contributed by atoms with Gasteiger partial charge < -0.3 is 14.6 Å². The molecule has 3 aromatic rings. The Bertz CT molecular complexity index is 957. The fraction of sp³-hybridized carbons (Fsp3) is 0.118. The summed E-state index contributed by atoms with van der Waals surface area (Å²) in [5.74, 6) is 0.00118. The lowest BCUT2D eigenvalue weighted by Crippen LogP contribution is -2.26. The van der Waals surface area contributed by atoms with Crippen LogP contribution in [0.5, 0.6) is 11.5 Å². The molecule has 1 aliphatic rings. The molecule has 0 saturated carbocycles. The lowest BCUT2D eigenvalue weighted by molar-refractivity contribution is 0.0661. The summed E-state index contributed by atoms with van der Waals surface area (Å²) in [6.07, 6.45) is -0.650. The van der Waals surface area contributed by atoms with Crippen molar-refractivity contribution in [1.29, 1.82) is 0 Å². The molecule has 2 heterocycles. The molecule has 0 saturated heterocycles. The first-order chi connectivity index (χ1) is 12.1. The van der Waals surface area contributed by atoms with Crippen LogP contribution in [0.1, 0.15) is 22.3 Å². The van der Waals surface area contributed by atoms with E-state index >= 15 is 0 Å². The number of aromatic carboxylic acids is 1. The van der Waals surface area contributed by atoms with E-state index in [2.05, 4.69) is 26.2 Å². The Hall–Kier alpha value is -2.87. The number of carboxylic acid groups (broad SMARTS) is 1. The zero-order valence-electron chi connectivity index (χ0n) is 12.8. The molecule has 2 aromatic carbocycles. The molecule has 1 aromatic heterocycles. The van der Waals surface area contributed by atoms with E-state index in [1.807, 2.05) is 36.4 Å². The van der Waals surface area contributed by atoms with E-state index in [-0.39, 0.29) is 12.3 Å². The lowest BCUT2D eigenvalue weighted by Gasteiger charge is -2.27. The number of fused-ring (bicyclic) bond motifs is 1. The van der Waals surface area contributed by atoms with Crippen molar-refractivity contribution >= 4 is 21.9 Å². The summed E-state index contributed by atoms with van der Waals surface area (Å²) in [5, 5.41) is 17.3. The third kappa shape index (κ3) is 2.74. The summed E-state index contributed by atoms with van der Waals surface area (Å²) in [7, 11) is 0. The van der Waals surface area contributed by atoms with Crippen LogP contribution in [0.15, 0.2) is 53.0 Å². The topological polar surface area (TPSA) is 86.5 Å². The predicted molar refractivity (Wildman–Crippen MR) is 91.3 cm³/mol. The summed E-state index contributed by atoms with van der Waals surface area (Å²) in [5.41, 5.74) is 0.831. The van der Waals surface area contributed by atoms with Crippen molar-refractivity contribution < 1.29 is 19.4 Å². The normalized spacial score (nSPS) is 15.8. The number of para-hydroxylation sites is 3. The summed E-state index contributed by atoms with van der Waals surface area (Å²) < 4.78 is 13.9. The molecule has 0 fully saturated rings. The van der Waals surface area contributed by atoms with Crippen LogP contribution in [0.3, 0.4) is 0 Å². The van der Waals surface area contributed by atoms with Gasteiger partial charge in [0.05, 0.1) is 5.69 Å². The molecule has 0 aliphatic carbocycles. The van der Waals surface area contributed by atoms with Gasteiger partial charge in [-0.3, -0.25) is 0 Å². The average molecular weight is 402 g/mol. The molecular formula is C17H12BrN3O4. The van der Waals surface area contributed by atoms with Gasteiger partial charge in [-0.2, -0.15) is 0 Å². The van der Waals surface area contributed by atoms with Crippen LogP contribution in [0.2, 0.25) is 0 Å². The van der Waals surface area contributed by atoms with Gasteiger partial charge in [0.15, 0.2) is 23.3 Å². The first-order valence-electron chi connectivity index (χ1n) is 7.47. The molecule has 25 heavy (non-hydrogen) atoms.